The Hall–Kier alpha value is -7.16. The van der Waals surface area contributed by atoms with E-state index in [1.807, 2.05) is 0 Å². The molecule has 0 radical (unpaired) electrons. The van der Waals surface area contributed by atoms with Crippen LogP contribution in [0.5, 0.6) is 0 Å². The summed E-state index contributed by atoms with van der Waals surface area (Å²) in [6.45, 7) is 0. The number of hydrogen-bond donors (Lipinski definition) is 0. The smallest absolute Gasteiger partial charge is 0.0562 e. The van der Waals surface area contributed by atoms with E-state index in [0.29, 0.717) is 0 Å². The van der Waals surface area contributed by atoms with Gasteiger partial charge in [0.15, 0.2) is 0 Å². The van der Waals surface area contributed by atoms with Crippen LogP contribution in [0.4, 0.5) is 17.1 Å². The minimum absolute atomic E-state index is 1.12. The quantitative estimate of drug-likeness (QED) is 0.162. The summed E-state index contributed by atoms with van der Waals surface area (Å²) in [6, 6.07) is 78.9. The highest BCUT2D eigenvalue weighted by Gasteiger charge is 2.25. The van der Waals surface area contributed by atoms with Crippen LogP contribution in [0.1, 0.15) is 0 Å². The van der Waals surface area contributed by atoms with Crippen LogP contribution < -0.4 is 4.90 Å². The zero-order valence-electron chi connectivity index (χ0n) is 29.7. The molecule has 0 fully saturated rings. The van der Waals surface area contributed by atoms with Crippen LogP contribution in [-0.4, -0.2) is 4.57 Å². The first kappa shape index (κ1) is 31.6. The molecule has 10 rings (SSSR count). The Balaban J connectivity index is 1.29. The minimum Gasteiger partial charge on any atom is -0.309 e. The van der Waals surface area contributed by atoms with Crippen LogP contribution in [0.3, 0.4) is 0 Å². The van der Waals surface area contributed by atoms with Crippen molar-refractivity contribution in [3.05, 3.63) is 218 Å². The fraction of sp³-hybridized carbons (Fsp3) is 0. The molecule has 0 unspecified atom stereocenters. The van der Waals surface area contributed by atoms with Gasteiger partial charge in [-0.05, 0) is 69.9 Å². The van der Waals surface area contributed by atoms with Crippen molar-refractivity contribution in [1.29, 1.82) is 0 Å². The molecule has 54 heavy (non-hydrogen) atoms. The second-order valence-corrected chi connectivity index (χ2v) is 13.7. The Bertz CT molecular complexity index is 2940. The molecule has 1 heterocycles. The van der Waals surface area contributed by atoms with Crippen LogP contribution in [-0.2, 0) is 0 Å². The normalized spacial score (nSPS) is 11.3. The molecule has 2 nitrogen and oxygen atoms in total. The van der Waals surface area contributed by atoms with Crippen LogP contribution >= 0.6 is 0 Å². The van der Waals surface area contributed by atoms with E-state index in [2.05, 4.69) is 228 Å². The number of anilines is 3. The van der Waals surface area contributed by atoms with E-state index >= 15 is 0 Å². The summed E-state index contributed by atoms with van der Waals surface area (Å²) < 4.78 is 2.45. The molecule has 0 spiro atoms. The van der Waals surface area contributed by atoms with Crippen LogP contribution in [0.25, 0.3) is 71.6 Å². The van der Waals surface area contributed by atoms with Crippen molar-refractivity contribution in [1.82, 2.24) is 4.57 Å². The first-order valence-electron chi connectivity index (χ1n) is 18.5. The van der Waals surface area contributed by atoms with Crippen LogP contribution in [0, 0.1) is 0 Å². The van der Waals surface area contributed by atoms with E-state index in [0.717, 1.165) is 28.3 Å². The van der Waals surface area contributed by atoms with E-state index in [4.69, 9.17) is 0 Å². The van der Waals surface area contributed by atoms with Gasteiger partial charge < -0.3 is 9.47 Å². The lowest BCUT2D eigenvalue weighted by Crippen LogP contribution is -2.13. The molecule has 0 bridgehead atoms. The largest absolute Gasteiger partial charge is 0.309 e. The maximum absolute atomic E-state index is 2.50. The summed E-state index contributed by atoms with van der Waals surface area (Å²) >= 11 is 0. The number of benzene rings is 9. The minimum atomic E-state index is 1.12. The predicted octanol–water partition coefficient (Wildman–Crippen LogP) is 14.4. The van der Waals surface area contributed by atoms with Crippen molar-refractivity contribution in [2.45, 2.75) is 0 Å². The van der Waals surface area contributed by atoms with Crippen LogP contribution in [0.2, 0.25) is 0 Å². The van der Waals surface area contributed by atoms with Crippen molar-refractivity contribution >= 4 is 49.6 Å². The maximum Gasteiger partial charge on any atom is 0.0562 e. The molecule has 0 saturated carbocycles. The second kappa shape index (κ2) is 13.4. The number of rotatable bonds is 7. The molecule has 10 aromatic rings. The molecule has 0 aliphatic carbocycles. The van der Waals surface area contributed by atoms with Crippen molar-refractivity contribution in [2.75, 3.05) is 4.90 Å². The predicted molar refractivity (Wildman–Crippen MR) is 229 cm³/mol. The second-order valence-electron chi connectivity index (χ2n) is 13.7. The number of aromatic nitrogens is 1. The number of para-hydroxylation sites is 4. The lowest BCUT2D eigenvalue weighted by atomic mass is 9.96. The highest BCUT2D eigenvalue weighted by atomic mass is 15.2. The fourth-order valence-corrected chi connectivity index (χ4v) is 8.17. The van der Waals surface area contributed by atoms with Crippen molar-refractivity contribution < 1.29 is 0 Å². The summed E-state index contributed by atoms with van der Waals surface area (Å²) in [5.41, 5.74) is 13.9. The molecule has 254 valence electrons. The third-order valence-corrected chi connectivity index (χ3v) is 10.6. The summed E-state index contributed by atoms with van der Waals surface area (Å²) in [5.74, 6) is 0. The fourth-order valence-electron chi connectivity index (χ4n) is 8.17. The van der Waals surface area contributed by atoms with E-state index in [-0.39, 0.29) is 0 Å². The third-order valence-electron chi connectivity index (χ3n) is 10.6. The summed E-state index contributed by atoms with van der Waals surface area (Å²) in [6.07, 6.45) is 0. The molecule has 0 aliphatic rings. The van der Waals surface area contributed by atoms with Crippen molar-refractivity contribution in [3.63, 3.8) is 0 Å². The lowest BCUT2D eigenvalue weighted by Gasteiger charge is -2.30. The number of nitrogens with zero attached hydrogens (tertiary/aromatic N) is 2. The Kier molecular flexibility index (Phi) is 7.85. The van der Waals surface area contributed by atoms with E-state index < -0.39 is 0 Å². The van der Waals surface area contributed by atoms with Gasteiger partial charge in [-0.1, -0.05) is 176 Å². The molecule has 0 atom stereocenters. The molecule has 2 heteroatoms. The Labute approximate surface area is 315 Å². The molecule has 9 aromatic carbocycles. The molecular weight excluding hydrogens is 653 g/mol. The van der Waals surface area contributed by atoms with E-state index in [1.165, 1.54) is 60.4 Å². The topological polar surface area (TPSA) is 8.17 Å². The van der Waals surface area contributed by atoms with Gasteiger partial charge >= 0.3 is 0 Å². The Morgan fingerprint density at radius 1 is 0.315 bits per heavy atom. The monoisotopic (exact) mass is 688 g/mol. The average Bonchev–Trinajstić information content (AvgIpc) is 3.59. The summed E-state index contributed by atoms with van der Waals surface area (Å²) in [7, 11) is 0. The average molecular weight is 689 g/mol. The molecule has 0 N–H and O–H groups in total. The standard InChI is InChI=1S/C52H36N2/c1-3-19-38(20-4-1)42-24-9-13-28-46(42)53(48-30-15-11-26-44(48)41-35-34-37-18-7-8-23-40(37)36-41)50-32-17-33-51-52(50)45-27-12-16-31-49(45)54(51)47-29-14-10-25-43(47)39-21-5-2-6-22-39/h1-36H. The van der Waals surface area contributed by atoms with Crippen molar-refractivity contribution in [3.8, 4) is 39.1 Å². The van der Waals surface area contributed by atoms with Gasteiger partial charge in [-0.2, -0.15) is 0 Å². The number of hydrogen-bond acceptors (Lipinski definition) is 1. The Morgan fingerprint density at radius 3 is 1.57 bits per heavy atom. The van der Waals surface area contributed by atoms with Gasteiger partial charge in [-0.3, -0.25) is 0 Å². The van der Waals surface area contributed by atoms with Gasteiger partial charge in [0, 0.05) is 27.5 Å². The lowest BCUT2D eigenvalue weighted by molar-refractivity contribution is 1.18. The molecule has 0 saturated heterocycles. The van der Waals surface area contributed by atoms with Gasteiger partial charge in [0.05, 0.1) is 33.8 Å². The van der Waals surface area contributed by atoms with Gasteiger partial charge in [0.25, 0.3) is 0 Å². The summed E-state index contributed by atoms with van der Waals surface area (Å²) in [4.78, 5) is 2.50. The summed E-state index contributed by atoms with van der Waals surface area (Å²) in [5, 5.41) is 4.87. The highest BCUT2D eigenvalue weighted by molar-refractivity contribution is 6.17. The molecule has 1 aromatic heterocycles. The SMILES string of the molecule is c1ccc(-c2ccccc2N(c2ccccc2-c2ccc3ccccc3c2)c2cccc3c2c2ccccc2n3-c2ccccc2-c2ccccc2)cc1. The van der Waals surface area contributed by atoms with E-state index in [9.17, 15) is 0 Å². The first-order chi connectivity index (χ1) is 26.8. The van der Waals surface area contributed by atoms with Gasteiger partial charge in [0.2, 0.25) is 0 Å². The van der Waals surface area contributed by atoms with Crippen molar-refractivity contribution in [2.24, 2.45) is 0 Å². The highest BCUT2D eigenvalue weighted by Crippen LogP contribution is 2.49. The van der Waals surface area contributed by atoms with E-state index in [1.54, 1.807) is 0 Å². The first-order valence-corrected chi connectivity index (χ1v) is 18.5. The zero-order valence-corrected chi connectivity index (χ0v) is 29.7. The van der Waals surface area contributed by atoms with Gasteiger partial charge in [-0.15, -0.1) is 0 Å². The van der Waals surface area contributed by atoms with Gasteiger partial charge in [-0.25, -0.2) is 0 Å². The maximum atomic E-state index is 2.50. The van der Waals surface area contributed by atoms with Crippen LogP contribution in [0.15, 0.2) is 218 Å². The number of fused-ring (bicyclic) bond motifs is 4. The Morgan fingerprint density at radius 2 is 0.833 bits per heavy atom. The zero-order chi connectivity index (χ0) is 35.8. The molecule has 0 amide bonds. The molecule has 0 aliphatic heterocycles. The molecular formula is C52H36N2. The third kappa shape index (κ3) is 5.36. The van der Waals surface area contributed by atoms with Gasteiger partial charge in [0.1, 0.15) is 0 Å².